The molecule has 0 aliphatic rings. The minimum absolute atomic E-state index is 0.335. The van der Waals surface area contributed by atoms with Crippen molar-refractivity contribution < 1.29 is 9.21 Å². The first-order chi connectivity index (χ1) is 12.0. The number of carbonyl (C=O) groups excluding carboxylic acids is 1. The number of aromatic nitrogens is 1. The summed E-state index contributed by atoms with van der Waals surface area (Å²) in [5.41, 5.74) is 0.756. The second-order valence-corrected chi connectivity index (χ2v) is 6.35. The molecule has 0 saturated carbocycles. The molecule has 3 rings (SSSR count). The van der Waals surface area contributed by atoms with E-state index in [1.165, 1.54) is 12.3 Å². The fourth-order valence-electron chi connectivity index (χ4n) is 2.07. The van der Waals surface area contributed by atoms with E-state index in [0.717, 1.165) is 5.56 Å². The highest BCUT2D eigenvalue weighted by molar-refractivity contribution is 6.35. The molecule has 1 aromatic carbocycles. The molecule has 0 unspecified atom stereocenters. The average molecular weight is 394 g/mol. The number of halogens is 3. The van der Waals surface area contributed by atoms with Gasteiger partial charge in [-0.3, -0.25) is 4.79 Å². The zero-order valence-electron chi connectivity index (χ0n) is 12.7. The molecule has 4 nitrogen and oxygen atoms in total. The molecular formula is C18H11Cl3N2O2. The van der Waals surface area contributed by atoms with Crippen LogP contribution in [-0.2, 0) is 4.79 Å². The summed E-state index contributed by atoms with van der Waals surface area (Å²) in [6, 6.07) is 11.9. The minimum Gasteiger partial charge on any atom is -0.457 e. The van der Waals surface area contributed by atoms with E-state index in [9.17, 15) is 4.79 Å². The van der Waals surface area contributed by atoms with Crippen LogP contribution in [0.2, 0.25) is 15.1 Å². The molecule has 0 aliphatic heterocycles. The first-order valence-electron chi connectivity index (χ1n) is 7.16. The highest BCUT2D eigenvalue weighted by atomic mass is 35.5. The monoisotopic (exact) mass is 392 g/mol. The molecule has 1 amide bonds. The number of nitrogens with one attached hydrogen (secondary N) is 1. The van der Waals surface area contributed by atoms with E-state index in [4.69, 9.17) is 39.2 Å². The lowest BCUT2D eigenvalue weighted by molar-refractivity contribution is -0.111. The summed E-state index contributed by atoms with van der Waals surface area (Å²) in [4.78, 5) is 15.9. The van der Waals surface area contributed by atoms with Crippen LogP contribution in [0.5, 0.6) is 0 Å². The lowest BCUT2D eigenvalue weighted by Crippen LogP contribution is -2.08. The van der Waals surface area contributed by atoms with Crippen LogP contribution in [0.3, 0.4) is 0 Å². The second kappa shape index (κ2) is 7.74. The number of hydrogen-bond acceptors (Lipinski definition) is 3. The number of furan rings is 1. The van der Waals surface area contributed by atoms with Crippen LogP contribution in [0.15, 0.2) is 59.2 Å². The Morgan fingerprint density at radius 3 is 2.44 bits per heavy atom. The highest BCUT2D eigenvalue weighted by Gasteiger charge is 2.06. The van der Waals surface area contributed by atoms with Crippen LogP contribution in [0.1, 0.15) is 5.76 Å². The third-order valence-electron chi connectivity index (χ3n) is 3.15. The van der Waals surface area contributed by atoms with Crippen molar-refractivity contribution in [2.45, 2.75) is 0 Å². The van der Waals surface area contributed by atoms with Crippen molar-refractivity contribution in [3.63, 3.8) is 0 Å². The average Bonchev–Trinajstić information content (AvgIpc) is 3.03. The Morgan fingerprint density at radius 2 is 1.76 bits per heavy atom. The zero-order chi connectivity index (χ0) is 17.8. The molecular weight excluding hydrogens is 383 g/mol. The van der Waals surface area contributed by atoms with Gasteiger partial charge in [-0.2, -0.15) is 0 Å². The molecule has 25 heavy (non-hydrogen) atoms. The Balaban J connectivity index is 1.69. The number of anilines is 1. The lowest BCUT2D eigenvalue weighted by Gasteiger charge is -2.00. The topological polar surface area (TPSA) is 55.1 Å². The molecule has 0 atom stereocenters. The van der Waals surface area contributed by atoms with E-state index in [1.54, 1.807) is 48.5 Å². The van der Waals surface area contributed by atoms with E-state index < -0.39 is 0 Å². The predicted octanol–water partition coefficient (Wildman–Crippen LogP) is 5.95. The number of benzene rings is 1. The van der Waals surface area contributed by atoms with E-state index in [1.807, 2.05) is 0 Å². The standard InChI is InChI=1S/C18H11Cl3N2O2/c19-12-1-5-17(22-10-12)23-18(24)6-3-15-2-4-16(25-15)11-7-13(20)9-14(21)8-11/h1-10H,(H,22,23,24)/b6-3+. The lowest BCUT2D eigenvalue weighted by atomic mass is 10.2. The third kappa shape index (κ3) is 4.86. The van der Waals surface area contributed by atoms with E-state index in [0.29, 0.717) is 32.4 Å². The molecule has 0 bridgehead atoms. The third-order valence-corrected chi connectivity index (χ3v) is 3.81. The Hall–Kier alpha value is -2.27. The van der Waals surface area contributed by atoms with Gasteiger partial charge in [-0.1, -0.05) is 34.8 Å². The SMILES string of the molecule is O=C(/C=C/c1ccc(-c2cc(Cl)cc(Cl)c2)o1)Nc1ccc(Cl)cn1. The van der Waals surface area contributed by atoms with Gasteiger partial charge in [-0.05, 0) is 48.5 Å². The van der Waals surface area contributed by atoms with Gasteiger partial charge in [0, 0.05) is 27.9 Å². The normalized spacial score (nSPS) is 11.0. The van der Waals surface area contributed by atoms with Crippen molar-refractivity contribution >= 4 is 52.6 Å². The quantitative estimate of drug-likeness (QED) is 0.557. The van der Waals surface area contributed by atoms with Gasteiger partial charge in [0.05, 0.1) is 5.02 Å². The maximum atomic E-state index is 11.9. The molecule has 126 valence electrons. The number of hydrogen-bond donors (Lipinski definition) is 1. The Morgan fingerprint density at radius 1 is 1.00 bits per heavy atom. The molecule has 0 saturated heterocycles. The van der Waals surface area contributed by atoms with Gasteiger partial charge in [0.15, 0.2) is 0 Å². The van der Waals surface area contributed by atoms with Crippen molar-refractivity contribution in [2.24, 2.45) is 0 Å². The highest BCUT2D eigenvalue weighted by Crippen LogP contribution is 2.28. The summed E-state index contributed by atoms with van der Waals surface area (Å²) in [6.07, 6.45) is 4.36. The van der Waals surface area contributed by atoms with Gasteiger partial charge in [0.2, 0.25) is 5.91 Å². The summed E-state index contributed by atoms with van der Waals surface area (Å²) >= 11 is 17.7. The maximum Gasteiger partial charge on any atom is 0.249 e. The van der Waals surface area contributed by atoms with Crippen LogP contribution >= 0.6 is 34.8 Å². The molecule has 2 heterocycles. The van der Waals surface area contributed by atoms with Crippen LogP contribution in [-0.4, -0.2) is 10.9 Å². The molecule has 0 aliphatic carbocycles. The van der Waals surface area contributed by atoms with Crippen molar-refractivity contribution in [3.8, 4) is 11.3 Å². The number of amides is 1. The molecule has 7 heteroatoms. The smallest absolute Gasteiger partial charge is 0.249 e. The number of pyridine rings is 1. The molecule has 3 aromatic rings. The summed E-state index contributed by atoms with van der Waals surface area (Å²) in [5, 5.41) is 4.16. The number of carbonyl (C=O) groups is 1. The van der Waals surface area contributed by atoms with Crippen molar-refractivity contribution in [1.29, 1.82) is 0 Å². The fourth-order valence-corrected chi connectivity index (χ4v) is 2.71. The van der Waals surface area contributed by atoms with Gasteiger partial charge in [0.1, 0.15) is 17.3 Å². The maximum absolute atomic E-state index is 11.9. The first-order valence-corrected chi connectivity index (χ1v) is 8.30. The summed E-state index contributed by atoms with van der Waals surface area (Å²) in [5.74, 6) is 1.19. The van der Waals surface area contributed by atoms with E-state index in [2.05, 4.69) is 10.3 Å². The van der Waals surface area contributed by atoms with Gasteiger partial charge in [0.25, 0.3) is 0 Å². The fraction of sp³-hybridized carbons (Fsp3) is 0. The van der Waals surface area contributed by atoms with Crippen molar-refractivity contribution in [1.82, 2.24) is 4.98 Å². The number of nitrogens with zero attached hydrogens (tertiary/aromatic N) is 1. The Bertz CT molecular complexity index is 913. The molecule has 1 N–H and O–H groups in total. The van der Waals surface area contributed by atoms with Crippen LogP contribution in [0, 0.1) is 0 Å². The van der Waals surface area contributed by atoms with Crippen LogP contribution in [0.4, 0.5) is 5.82 Å². The van der Waals surface area contributed by atoms with Crippen molar-refractivity contribution in [3.05, 3.63) is 75.6 Å². The van der Waals surface area contributed by atoms with Gasteiger partial charge in [-0.15, -0.1) is 0 Å². The van der Waals surface area contributed by atoms with Gasteiger partial charge in [-0.25, -0.2) is 4.98 Å². The minimum atomic E-state index is -0.335. The van der Waals surface area contributed by atoms with E-state index in [-0.39, 0.29) is 5.91 Å². The number of rotatable bonds is 4. The molecule has 2 aromatic heterocycles. The van der Waals surface area contributed by atoms with Crippen molar-refractivity contribution in [2.75, 3.05) is 5.32 Å². The molecule has 0 spiro atoms. The second-order valence-electron chi connectivity index (χ2n) is 5.04. The Kier molecular flexibility index (Phi) is 5.43. The Labute approximate surface area is 159 Å². The predicted molar refractivity (Wildman–Crippen MR) is 101 cm³/mol. The summed E-state index contributed by atoms with van der Waals surface area (Å²) in [6.45, 7) is 0. The van der Waals surface area contributed by atoms with Gasteiger partial charge < -0.3 is 9.73 Å². The van der Waals surface area contributed by atoms with Crippen LogP contribution in [0.25, 0.3) is 17.4 Å². The summed E-state index contributed by atoms with van der Waals surface area (Å²) in [7, 11) is 0. The van der Waals surface area contributed by atoms with Gasteiger partial charge >= 0.3 is 0 Å². The molecule has 0 fully saturated rings. The van der Waals surface area contributed by atoms with Crippen LogP contribution < -0.4 is 5.32 Å². The first kappa shape index (κ1) is 17.5. The summed E-state index contributed by atoms with van der Waals surface area (Å²) < 4.78 is 5.68. The largest absolute Gasteiger partial charge is 0.457 e. The zero-order valence-corrected chi connectivity index (χ0v) is 14.9. The molecule has 0 radical (unpaired) electrons. The van der Waals surface area contributed by atoms with E-state index >= 15 is 0 Å².